The van der Waals surface area contributed by atoms with Crippen molar-refractivity contribution in [2.45, 2.75) is 103 Å². The molecule has 0 fully saturated rings. The Morgan fingerprint density at radius 2 is 1.14 bits per heavy atom. The fraction of sp³-hybridized carbons (Fsp3) is 0.356. The van der Waals surface area contributed by atoms with Crippen LogP contribution in [0.3, 0.4) is 0 Å². The summed E-state index contributed by atoms with van der Waals surface area (Å²) in [4.78, 5) is 0. The van der Waals surface area contributed by atoms with Crippen LogP contribution < -0.4 is 0 Å². The number of halogens is 4. The first kappa shape index (κ1) is 41.0. The minimum absolute atomic E-state index is 0.163. The molecule has 0 spiro atoms. The van der Waals surface area contributed by atoms with Crippen LogP contribution in [0.2, 0.25) is 0 Å². The molecule has 50 heavy (non-hydrogen) atoms. The van der Waals surface area contributed by atoms with Crippen molar-refractivity contribution in [3.8, 4) is 11.1 Å². The molecule has 0 nitrogen and oxygen atoms in total. The first-order valence-electron chi connectivity index (χ1n) is 17.1. The summed E-state index contributed by atoms with van der Waals surface area (Å²) in [6.07, 6.45) is 11.0. The number of fused-ring (bicyclic) bond motifs is 3. The zero-order valence-electron chi connectivity index (χ0n) is 30.7. The molecule has 0 N–H and O–H groups in total. The summed E-state index contributed by atoms with van der Waals surface area (Å²) in [5.74, 6) is 1.93. The van der Waals surface area contributed by atoms with Gasteiger partial charge in [0.15, 0.2) is 0 Å². The van der Waals surface area contributed by atoms with Gasteiger partial charge in [-0.25, -0.2) is 12.2 Å². The molecule has 0 aromatic heterocycles. The predicted molar refractivity (Wildman–Crippen MR) is 216 cm³/mol. The maximum absolute atomic E-state index is 5.99. The van der Waals surface area contributed by atoms with Crippen LogP contribution in [-0.4, -0.2) is 3.21 Å². The van der Waals surface area contributed by atoms with Crippen LogP contribution in [0.25, 0.3) is 11.1 Å². The van der Waals surface area contributed by atoms with E-state index in [2.05, 4.69) is 116 Å². The molecule has 0 amide bonds. The van der Waals surface area contributed by atoms with Gasteiger partial charge in [-0.05, 0) is 35.4 Å². The van der Waals surface area contributed by atoms with Gasteiger partial charge >= 0.3 is 167 Å². The van der Waals surface area contributed by atoms with Gasteiger partial charge in [0.2, 0.25) is 0 Å². The fourth-order valence-electron chi connectivity index (χ4n) is 6.65. The van der Waals surface area contributed by atoms with E-state index in [1.54, 1.807) is 0 Å². The standard InChI is InChI=1S/C23H29.C17H14Cl4.C5H5.Zr/c1-14-9-16-11-17-10-15(2)21(23(6,7)8)13-19(17)18(16)12-20(14)22(3,4)5;18-8-14-2-12(3-15(6-14)9-19)1-13-4-16(10-20)7-17(5-13)11-21;1-2-4-5-3-1;/h9,12-13H,11H2,1-8H3;2-7H,8-11H2;1-3H,4H2;/q-1;;-1;+2. The minimum Gasteiger partial charge on any atom is -0.273 e. The number of alkyl halides is 4. The summed E-state index contributed by atoms with van der Waals surface area (Å²) < 4.78 is 1.25. The SMILES string of the molecule is Cc1[c-]c2c(cc1C(C)(C)C)-c1cc(C(C)(C)C)c(C)cc1C2.ClCc1cc(CCl)cc([C](=[Zr+2])c2cc(CCl)cc(CCl)c2)c1.[C-]1=CC=CC1. The van der Waals surface area contributed by atoms with Gasteiger partial charge in [0.1, 0.15) is 0 Å². The second kappa shape index (κ2) is 17.9. The van der Waals surface area contributed by atoms with Gasteiger partial charge in [-0.2, -0.15) is 23.8 Å². The fourth-order valence-corrected chi connectivity index (χ4v) is 7.98. The van der Waals surface area contributed by atoms with E-state index < -0.39 is 0 Å². The molecule has 0 atom stereocenters. The molecule has 0 unspecified atom stereocenters. The van der Waals surface area contributed by atoms with E-state index in [0.717, 1.165) is 35.1 Å². The van der Waals surface area contributed by atoms with Crippen molar-refractivity contribution in [3.05, 3.63) is 152 Å². The summed E-state index contributed by atoms with van der Waals surface area (Å²) >= 11 is 25.3. The quantitative estimate of drug-likeness (QED) is 0.118. The zero-order chi connectivity index (χ0) is 36.8. The Labute approximate surface area is 336 Å². The minimum atomic E-state index is 0.163. The number of hydrogen-bond acceptors (Lipinski definition) is 0. The number of rotatable bonds is 6. The van der Waals surface area contributed by atoms with E-state index >= 15 is 0 Å². The van der Waals surface area contributed by atoms with Crippen molar-refractivity contribution in [1.82, 2.24) is 0 Å². The molecule has 4 aromatic carbocycles. The van der Waals surface area contributed by atoms with Crippen LogP contribution in [0.15, 0.2) is 72.8 Å². The molecule has 2 aliphatic carbocycles. The average molecular weight is 822 g/mol. The second-order valence-corrected chi connectivity index (χ2v) is 17.5. The zero-order valence-corrected chi connectivity index (χ0v) is 36.2. The third-order valence-electron chi connectivity index (χ3n) is 8.97. The van der Waals surface area contributed by atoms with E-state index in [0.29, 0.717) is 23.5 Å². The van der Waals surface area contributed by atoms with Crippen molar-refractivity contribution in [2.75, 3.05) is 0 Å². The Hall–Kier alpha value is -1.73. The molecule has 0 aliphatic heterocycles. The van der Waals surface area contributed by atoms with Crippen molar-refractivity contribution < 1.29 is 24.2 Å². The first-order chi connectivity index (χ1) is 23.6. The summed E-state index contributed by atoms with van der Waals surface area (Å²) in [6, 6.07) is 23.5. The average Bonchev–Trinajstić information content (AvgIpc) is 3.77. The second-order valence-electron chi connectivity index (χ2n) is 15.2. The molecular weight excluding hydrogens is 774 g/mol. The normalized spacial score (nSPS) is 12.9. The molecule has 0 bridgehead atoms. The maximum atomic E-state index is 5.99. The van der Waals surface area contributed by atoms with Crippen molar-refractivity contribution in [1.29, 1.82) is 0 Å². The molecule has 0 radical (unpaired) electrons. The van der Waals surface area contributed by atoms with Gasteiger partial charge in [0.05, 0.1) is 0 Å². The number of allylic oxidation sites excluding steroid dienone is 4. The molecule has 260 valence electrons. The van der Waals surface area contributed by atoms with Crippen molar-refractivity contribution in [2.24, 2.45) is 0 Å². The van der Waals surface area contributed by atoms with Gasteiger partial charge in [-0.15, -0.1) is 23.1 Å². The molecule has 0 saturated carbocycles. The van der Waals surface area contributed by atoms with Crippen LogP contribution >= 0.6 is 46.4 Å². The van der Waals surface area contributed by atoms with Gasteiger partial charge in [-0.1, -0.05) is 71.6 Å². The number of hydrogen-bond donors (Lipinski definition) is 0. The molecule has 5 heteroatoms. The maximum Gasteiger partial charge on any atom is -0.109 e. The van der Waals surface area contributed by atoms with Gasteiger partial charge in [-0.3, -0.25) is 6.08 Å². The molecule has 6 rings (SSSR count). The van der Waals surface area contributed by atoms with Crippen LogP contribution in [0.1, 0.15) is 115 Å². The van der Waals surface area contributed by atoms with Gasteiger partial charge in [0.25, 0.3) is 0 Å². The largest absolute Gasteiger partial charge is 0.273 e. The Balaban J connectivity index is 0.000000197. The van der Waals surface area contributed by atoms with Crippen LogP contribution in [0, 0.1) is 26.0 Å². The third-order valence-corrected chi connectivity index (χ3v) is 11.6. The first-order valence-corrected chi connectivity index (χ1v) is 20.5. The predicted octanol–water partition coefficient (Wildman–Crippen LogP) is 13.3. The monoisotopic (exact) mass is 818 g/mol. The smallest absolute Gasteiger partial charge is 0.109 e. The van der Waals surface area contributed by atoms with E-state index in [4.69, 9.17) is 46.4 Å². The Morgan fingerprint density at radius 3 is 1.52 bits per heavy atom. The topological polar surface area (TPSA) is 0 Å². The molecule has 4 aromatic rings. The van der Waals surface area contributed by atoms with E-state index in [9.17, 15) is 0 Å². The van der Waals surface area contributed by atoms with Gasteiger partial charge < -0.3 is 0 Å². The van der Waals surface area contributed by atoms with Crippen LogP contribution in [-0.2, 0) is 65.0 Å². The Morgan fingerprint density at radius 1 is 0.660 bits per heavy atom. The van der Waals surface area contributed by atoms with Crippen molar-refractivity contribution >= 4 is 49.6 Å². The summed E-state index contributed by atoms with van der Waals surface area (Å²) in [6.45, 7) is 18.2. The Kier molecular flexibility index (Phi) is 14.7. The van der Waals surface area contributed by atoms with E-state index in [1.807, 2.05) is 24.3 Å². The number of aryl methyl sites for hydroxylation is 2. The van der Waals surface area contributed by atoms with E-state index in [-0.39, 0.29) is 10.8 Å². The molecule has 2 aliphatic rings. The molecular formula is C45H48Cl4Zr. The summed E-state index contributed by atoms with van der Waals surface area (Å²) in [5, 5.41) is 0. The van der Waals surface area contributed by atoms with Crippen molar-refractivity contribution in [3.63, 3.8) is 0 Å². The summed E-state index contributed by atoms with van der Waals surface area (Å²) in [5.41, 5.74) is 18.3. The molecule has 0 heterocycles. The summed E-state index contributed by atoms with van der Waals surface area (Å²) in [7, 11) is 0. The molecule has 0 saturated heterocycles. The van der Waals surface area contributed by atoms with Gasteiger partial charge in [0, 0.05) is 0 Å². The Bertz CT molecular complexity index is 1720. The third kappa shape index (κ3) is 10.4. The van der Waals surface area contributed by atoms with Crippen LogP contribution in [0.4, 0.5) is 0 Å². The van der Waals surface area contributed by atoms with Crippen LogP contribution in [0.5, 0.6) is 0 Å². The number of benzene rings is 4. The van der Waals surface area contributed by atoms with E-state index in [1.165, 1.54) is 83.1 Å².